The fraction of sp³-hybridized carbons (Fsp3) is 0.350. The zero-order valence-electron chi connectivity index (χ0n) is 15.1. The Labute approximate surface area is 155 Å². The van der Waals surface area contributed by atoms with Crippen LogP contribution in [0.3, 0.4) is 0 Å². The number of hydrogen-bond donors (Lipinski definition) is 1. The van der Waals surface area contributed by atoms with Crippen LogP contribution < -0.4 is 5.32 Å². The summed E-state index contributed by atoms with van der Waals surface area (Å²) in [4.78, 5) is 12.6. The Bertz CT molecular complexity index is 868. The van der Waals surface area contributed by atoms with Crippen molar-refractivity contribution in [3.63, 3.8) is 0 Å². The molecule has 1 aliphatic carbocycles. The third-order valence-electron chi connectivity index (χ3n) is 4.94. The quantitative estimate of drug-likeness (QED) is 0.868. The lowest BCUT2D eigenvalue weighted by Gasteiger charge is -2.23. The maximum atomic E-state index is 12.7. The van der Waals surface area contributed by atoms with Gasteiger partial charge < -0.3 is 5.32 Å². The Morgan fingerprint density at radius 1 is 1.00 bits per heavy atom. The Kier molecular flexibility index (Phi) is 5.44. The van der Waals surface area contributed by atoms with Gasteiger partial charge in [-0.15, -0.1) is 0 Å². The summed E-state index contributed by atoms with van der Waals surface area (Å²) in [5, 5.41) is 2.81. The fourth-order valence-corrected chi connectivity index (χ4v) is 4.66. The summed E-state index contributed by atoms with van der Waals surface area (Å²) in [6.45, 7) is 1.98. The van der Waals surface area contributed by atoms with Gasteiger partial charge in [0.1, 0.15) is 0 Å². The van der Waals surface area contributed by atoms with Crippen LogP contribution in [0.5, 0.6) is 0 Å². The highest BCUT2D eigenvalue weighted by Crippen LogP contribution is 2.27. The van der Waals surface area contributed by atoms with Crippen LogP contribution in [-0.2, 0) is 10.0 Å². The highest BCUT2D eigenvalue weighted by molar-refractivity contribution is 7.89. The standard InChI is InChI=1S/C20H24N2O3S/c1-15-7-11-17(12-8-15)21-20(23)16-9-13-19(14-10-16)26(24,25)22(2)18-5-3-4-6-18/h7-14,18H,3-6H2,1-2H3,(H,21,23). The Balaban J connectivity index is 1.73. The summed E-state index contributed by atoms with van der Waals surface area (Å²) < 4.78 is 27.0. The van der Waals surface area contributed by atoms with Gasteiger partial charge in [-0.3, -0.25) is 4.79 Å². The number of aryl methyl sites for hydroxylation is 1. The van der Waals surface area contributed by atoms with Crippen molar-refractivity contribution in [2.75, 3.05) is 12.4 Å². The van der Waals surface area contributed by atoms with Crippen molar-refractivity contribution in [2.45, 2.75) is 43.5 Å². The van der Waals surface area contributed by atoms with Crippen molar-refractivity contribution >= 4 is 21.6 Å². The van der Waals surface area contributed by atoms with Crippen molar-refractivity contribution in [3.8, 4) is 0 Å². The SMILES string of the molecule is Cc1ccc(NC(=O)c2ccc(S(=O)(=O)N(C)C3CCCC3)cc2)cc1. The molecule has 138 valence electrons. The maximum absolute atomic E-state index is 12.7. The molecule has 0 bridgehead atoms. The first-order valence-corrected chi connectivity index (χ1v) is 10.3. The third kappa shape index (κ3) is 3.97. The molecule has 5 nitrogen and oxygen atoms in total. The summed E-state index contributed by atoms with van der Waals surface area (Å²) >= 11 is 0. The van der Waals surface area contributed by atoms with E-state index in [1.807, 2.05) is 31.2 Å². The molecule has 1 aliphatic rings. The van der Waals surface area contributed by atoms with Crippen LogP contribution in [0.25, 0.3) is 0 Å². The topological polar surface area (TPSA) is 66.5 Å². The zero-order valence-corrected chi connectivity index (χ0v) is 15.9. The predicted octanol–water partition coefficient (Wildman–Crippen LogP) is 3.81. The number of sulfonamides is 1. The van der Waals surface area contributed by atoms with Crippen LogP contribution in [0, 0.1) is 6.92 Å². The molecule has 0 saturated heterocycles. The molecule has 0 unspecified atom stereocenters. The number of anilines is 1. The second-order valence-corrected chi connectivity index (χ2v) is 8.80. The van der Waals surface area contributed by atoms with E-state index in [1.54, 1.807) is 19.2 Å². The van der Waals surface area contributed by atoms with Crippen LogP contribution in [0.15, 0.2) is 53.4 Å². The van der Waals surface area contributed by atoms with Crippen LogP contribution in [0.2, 0.25) is 0 Å². The van der Waals surface area contributed by atoms with E-state index >= 15 is 0 Å². The van der Waals surface area contributed by atoms with E-state index < -0.39 is 10.0 Å². The summed E-state index contributed by atoms with van der Waals surface area (Å²) in [5.74, 6) is -0.262. The van der Waals surface area contributed by atoms with Gasteiger partial charge in [-0.25, -0.2) is 8.42 Å². The predicted molar refractivity (Wildman–Crippen MR) is 103 cm³/mol. The lowest BCUT2D eigenvalue weighted by Crippen LogP contribution is -2.35. The van der Waals surface area contributed by atoms with Crippen molar-refractivity contribution in [1.29, 1.82) is 0 Å². The second kappa shape index (κ2) is 7.60. The van der Waals surface area contributed by atoms with E-state index in [-0.39, 0.29) is 16.8 Å². The van der Waals surface area contributed by atoms with E-state index in [1.165, 1.54) is 16.4 Å². The summed E-state index contributed by atoms with van der Waals surface area (Å²) in [6.07, 6.45) is 3.96. The van der Waals surface area contributed by atoms with Gasteiger partial charge in [-0.1, -0.05) is 30.5 Å². The molecular weight excluding hydrogens is 348 g/mol. The van der Waals surface area contributed by atoms with E-state index in [0.29, 0.717) is 11.3 Å². The molecule has 0 spiro atoms. The minimum Gasteiger partial charge on any atom is -0.322 e. The molecular formula is C20H24N2O3S. The smallest absolute Gasteiger partial charge is 0.255 e. The average Bonchev–Trinajstić information content (AvgIpc) is 3.17. The third-order valence-corrected chi connectivity index (χ3v) is 6.87. The molecule has 1 N–H and O–H groups in total. The van der Waals surface area contributed by atoms with Gasteiger partial charge in [-0.2, -0.15) is 4.31 Å². The largest absolute Gasteiger partial charge is 0.322 e. The monoisotopic (exact) mass is 372 g/mol. The Hall–Kier alpha value is -2.18. The van der Waals surface area contributed by atoms with Crippen LogP contribution in [-0.4, -0.2) is 31.7 Å². The lowest BCUT2D eigenvalue weighted by atomic mass is 10.2. The summed E-state index contributed by atoms with van der Waals surface area (Å²) in [6, 6.07) is 13.7. The van der Waals surface area contributed by atoms with Gasteiger partial charge in [0.05, 0.1) is 4.90 Å². The number of hydrogen-bond acceptors (Lipinski definition) is 3. The number of rotatable bonds is 5. The van der Waals surface area contributed by atoms with Crippen molar-refractivity contribution in [2.24, 2.45) is 0 Å². The molecule has 2 aromatic carbocycles. The van der Waals surface area contributed by atoms with Gasteiger partial charge in [-0.05, 0) is 56.2 Å². The Morgan fingerprint density at radius 2 is 1.58 bits per heavy atom. The number of carbonyl (C=O) groups excluding carboxylic acids is 1. The van der Waals surface area contributed by atoms with Gasteiger partial charge in [0.2, 0.25) is 10.0 Å². The Morgan fingerprint density at radius 3 is 2.15 bits per heavy atom. The number of carbonyl (C=O) groups is 1. The average molecular weight is 372 g/mol. The highest BCUT2D eigenvalue weighted by atomic mass is 32.2. The minimum absolute atomic E-state index is 0.0736. The van der Waals surface area contributed by atoms with E-state index in [2.05, 4.69) is 5.32 Å². The normalized spacial score (nSPS) is 15.3. The van der Waals surface area contributed by atoms with Crippen LogP contribution >= 0.6 is 0 Å². The molecule has 1 fully saturated rings. The van der Waals surface area contributed by atoms with Crippen molar-refractivity contribution in [1.82, 2.24) is 4.31 Å². The lowest BCUT2D eigenvalue weighted by molar-refractivity contribution is 0.102. The van der Waals surface area contributed by atoms with Crippen LogP contribution in [0.4, 0.5) is 5.69 Å². The highest BCUT2D eigenvalue weighted by Gasteiger charge is 2.29. The number of benzene rings is 2. The number of amides is 1. The maximum Gasteiger partial charge on any atom is 0.255 e. The molecule has 0 radical (unpaired) electrons. The molecule has 0 heterocycles. The van der Waals surface area contributed by atoms with Gasteiger partial charge in [0.25, 0.3) is 5.91 Å². The van der Waals surface area contributed by atoms with Crippen LogP contribution in [0.1, 0.15) is 41.6 Å². The van der Waals surface area contributed by atoms with Gasteiger partial charge in [0, 0.05) is 24.3 Å². The molecule has 0 atom stereocenters. The van der Waals surface area contributed by atoms with Crippen molar-refractivity contribution < 1.29 is 13.2 Å². The van der Waals surface area contributed by atoms with E-state index in [4.69, 9.17) is 0 Å². The van der Waals surface area contributed by atoms with E-state index in [9.17, 15) is 13.2 Å². The fourth-order valence-electron chi connectivity index (χ4n) is 3.25. The van der Waals surface area contributed by atoms with E-state index in [0.717, 1.165) is 31.2 Å². The molecule has 0 aromatic heterocycles. The zero-order chi connectivity index (χ0) is 18.7. The molecule has 26 heavy (non-hydrogen) atoms. The van der Waals surface area contributed by atoms with Gasteiger partial charge >= 0.3 is 0 Å². The molecule has 3 rings (SSSR count). The van der Waals surface area contributed by atoms with Gasteiger partial charge in [0.15, 0.2) is 0 Å². The number of nitrogens with zero attached hydrogens (tertiary/aromatic N) is 1. The first-order chi connectivity index (χ1) is 12.4. The second-order valence-electron chi connectivity index (χ2n) is 6.80. The molecule has 2 aromatic rings. The molecule has 6 heteroatoms. The number of nitrogens with one attached hydrogen (secondary N) is 1. The molecule has 1 amide bonds. The molecule has 1 saturated carbocycles. The first-order valence-electron chi connectivity index (χ1n) is 8.84. The first kappa shape index (κ1) is 18.6. The summed E-state index contributed by atoms with van der Waals surface area (Å²) in [5.41, 5.74) is 2.25. The minimum atomic E-state index is -3.53. The molecule has 0 aliphatic heterocycles. The van der Waals surface area contributed by atoms with Crippen molar-refractivity contribution in [3.05, 3.63) is 59.7 Å². The summed E-state index contributed by atoms with van der Waals surface area (Å²) in [7, 11) is -1.88.